The lowest BCUT2D eigenvalue weighted by atomic mass is 9.99. The topological polar surface area (TPSA) is 47.4 Å². The molecule has 128 valence electrons. The number of hydrogen-bond donors (Lipinski definition) is 0. The van der Waals surface area contributed by atoms with Gasteiger partial charge in [0.2, 0.25) is 0 Å². The van der Waals surface area contributed by atoms with Gasteiger partial charge in [-0.15, -0.1) is 0 Å². The van der Waals surface area contributed by atoms with Crippen molar-refractivity contribution in [2.75, 3.05) is 7.05 Å². The summed E-state index contributed by atoms with van der Waals surface area (Å²) < 4.78 is 7.54. The standard InChI is InChI=1S/C19H25N3O2/c1-12-8-6-7-9-15(12)11-21(4)19(23)18-16-10-13(2)24-14(3)17(16)20-22(18)5/h6-9,13-14H,10-11H2,1-5H3/t13-,14+/m1/s1. The van der Waals surface area contributed by atoms with Crippen LogP contribution in [-0.4, -0.2) is 33.7 Å². The Kier molecular flexibility index (Phi) is 4.45. The Morgan fingerprint density at radius 3 is 2.79 bits per heavy atom. The molecule has 0 bridgehead atoms. The zero-order valence-electron chi connectivity index (χ0n) is 15.0. The summed E-state index contributed by atoms with van der Waals surface area (Å²) in [7, 11) is 3.69. The van der Waals surface area contributed by atoms with Crippen LogP contribution in [0.4, 0.5) is 0 Å². The van der Waals surface area contributed by atoms with Crippen LogP contribution in [0.3, 0.4) is 0 Å². The van der Waals surface area contributed by atoms with E-state index in [0.29, 0.717) is 12.2 Å². The maximum absolute atomic E-state index is 13.1. The van der Waals surface area contributed by atoms with Crippen molar-refractivity contribution in [2.45, 2.75) is 45.9 Å². The molecule has 5 nitrogen and oxygen atoms in total. The second-order valence-electron chi connectivity index (χ2n) is 6.72. The molecule has 0 N–H and O–H groups in total. The van der Waals surface area contributed by atoms with E-state index in [9.17, 15) is 4.79 Å². The van der Waals surface area contributed by atoms with Crippen LogP contribution in [0.2, 0.25) is 0 Å². The predicted molar refractivity (Wildman–Crippen MR) is 92.9 cm³/mol. The first-order chi connectivity index (χ1) is 11.4. The SMILES string of the molecule is Cc1ccccc1CN(C)C(=O)c1c2c(nn1C)[C@H](C)O[C@H](C)C2. The molecule has 1 aromatic heterocycles. The molecule has 1 aliphatic rings. The summed E-state index contributed by atoms with van der Waals surface area (Å²) in [5.74, 6) is 0.0100. The second kappa shape index (κ2) is 6.40. The van der Waals surface area contributed by atoms with Crippen LogP contribution in [0, 0.1) is 6.92 Å². The molecule has 2 aromatic rings. The Morgan fingerprint density at radius 2 is 2.08 bits per heavy atom. The van der Waals surface area contributed by atoms with Crippen molar-refractivity contribution in [3.8, 4) is 0 Å². The van der Waals surface area contributed by atoms with Gasteiger partial charge < -0.3 is 9.64 Å². The summed E-state index contributed by atoms with van der Waals surface area (Å²) in [6, 6.07) is 8.16. The van der Waals surface area contributed by atoms with Crippen LogP contribution >= 0.6 is 0 Å². The highest BCUT2D eigenvalue weighted by molar-refractivity contribution is 5.94. The minimum atomic E-state index is -0.0711. The molecule has 0 saturated carbocycles. The monoisotopic (exact) mass is 327 g/mol. The first-order valence-corrected chi connectivity index (χ1v) is 8.39. The molecule has 0 radical (unpaired) electrons. The lowest BCUT2D eigenvalue weighted by Crippen LogP contribution is -2.30. The van der Waals surface area contributed by atoms with Gasteiger partial charge in [-0.3, -0.25) is 9.48 Å². The number of ether oxygens (including phenoxy) is 1. The summed E-state index contributed by atoms with van der Waals surface area (Å²) in [6.07, 6.45) is 0.760. The van der Waals surface area contributed by atoms with Gasteiger partial charge in [0.1, 0.15) is 5.69 Å². The molecule has 0 saturated heterocycles. The normalized spacial score (nSPS) is 19.9. The fraction of sp³-hybridized carbons (Fsp3) is 0.474. The summed E-state index contributed by atoms with van der Waals surface area (Å²) in [4.78, 5) is 14.8. The van der Waals surface area contributed by atoms with Gasteiger partial charge in [0, 0.05) is 32.6 Å². The molecule has 0 aliphatic carbocycles. The van der Waals surface area contributed by atoms with Crippen molar-refractivity contribution < 1.29 is 9.53 Å². The van der Waals surface area contributed by atoms with Crippen LogP contribution in [0.25, 0.3) is 0 Å². The maximum atomic E-state index is 13.1. The molecular formula is C19H25N3O2. The Balaban J connectivity index is 1.89. The molecule has 1 aromatic carbocycles. The minimum Gasteiger partial charge on any atom is -0.369 e. The molecule has 2 atom stereocenters. The fourth-order valence-corrected chi connectivity index (χ4v) is 3.43. The van der Waals surface area contributed by atoms with Gasteiger partial charge in [-0.25, -0.2) is 0 Å². The van der Waals surface area contributed by atoms with Crippen molar-refractivity contribution in [3.05, 3.63) is 52.3 Å². The highest BCUT2D eigenvalue weighted by Gasteiger charge is 2.32. The molecule has 1 amide bonds. The first-order valence-electron chi connectivity index (χ1n) is 8.39. The zero-order chi connectivity index (χ0) is 17.4. The molecular weight excluding hydrogens is 302 g/mol. The predicted octanol–water partition coefficient (Wildman–Crippen LogP) is 3.02. The smallest absolute Gasteiger partial charge is 0.272 e. The number of benzene rings is 1. The van der Waals surface area contributed by atoms with E-state index < -0.39 is 0 Å². The summed E-state index contributed by atoms with van der Waals surface area (Å²) in [5.41, 5.74) is 4.96. The van der Waals surface area contributed by atoms with E-state index in [1.54, 1.807) is 9.58 Å². The first kappa shape index (κ1) is 16.7. The lowest BCUT2D eigenvalue weighted by Gasteiger charge is -2.25. The molecule has 0 fully saturated rings. The maximum Gasteiger partial charge on any atom is 0.272 e. The van der Waals surface area contributed by atoms with E-state index in [1.807, 2.05) is 40.1 Å². The molecule has 0 unspecified atom stereocenters. The quantitative estimate of drug-likeness (QED) is 0.870. The van der Waals surface area contributed by atoms with Crippen molar-refractivity contribution in [1.82, 2.24) is 14.7 Å². The second-order valence-corrected chi connectivity index (χ2v) is 6.72. The van der Waals surface area contributed by atoms with Gasteiger partial charge >= 0.3 is 0 Å². The third kappa shape index (κ3) is 2.96. The summed E-state index contributed by atoms with van der Waals surface area (Å²) >= 11 is 0. The van der Waals surface area contributed by atoms with Crippen molar-refractivity contribution in [3.63, 3.8) is 0 Å². The molecule has 2 heterocycles. The van der Waals surface area contributed by atoms with Gasteiger partial charge in [-0.05, 0) is 31.9 Å². The van der Waals surface area contributed by atoms with Gasteiger partial charge in [-0.1, -0.05) is 24.3 Å². The van der Waals surface area contributed by atoms with Crippen LogP contribution in [-0.2, 0) is 24.8 Å². The van der Waals surface area contributed by atoms with Crippen molar-refractivity contribution >= 4 is 5.91 Å². The molecule has 0 spiro atoms. The van der Waals surface area contributed by atoms with E-state index in [-0.39, 0.29) is 18.1 Å². The number of fused-ring (bicyclic) bond motifs is 1. The van der Waals surface area contributed by atoms with Gasteiger partial charge in [-0.2, -0.15) is 5.10 Å². The molecule has 3 rings (SSSR count). The Hall–Kier alpha value is -2.14. The summed E-state index contributed by atoms with van der Waals surface area (Å²) in [6.45, 7) is 6.69. The molecule has 1 aliphatic heterocycles. The number of rotatable bonds is 3. The van der Waals surface area contributed by atoms with E-state index >= 15 is 0 Å². The van der Waals surface area contributed by atoms with Gasteiger partial charge in [0.25, 0.3) is 5.91 Å². The Labute approximate surface area is 143 Å². The number of aryl methyl sites for hydroxylation is 2. The highest BCUT2D eigenvalue weighted by atomic mass is 16.5. The minimum absolute atomic E-state index is 0.0100. The number of aromatic nitrogens is 2. The van der Waals surface area contributed by atoms with Crippen molar-refractivity contribution in [2.24, 2.45) is 7.05 Å². The molecule has 5 heteroatoms. The fourth-order valence-electron chi connectivity index (χ4n) is 3.43. The van der Waals surface area contributed by atoms with Crippen LogP contribution in [0.15, 0.2) is 24.3 Å². The van der Waals surface area contributed by atoms with Crippen LogP contribution in [0.5, 0.6) is 0 Å². The zero-order valence-corrected chi connectivity index (χ0v) is 15.0. The van der Waals surface area contributed by atoms with Crippen molar-refractivity contribution in [1.29, 1.82) is 0 Å². The van der Waals surface area contributed by atoms with Gasteiger partial charge in [0.15, 0.2) is 0 Å². The number of hydrogen-bond acceptors (Lipinski definition) is 3. The lowest BCUT2D eigenvalue weighted by molar-refractivity contribution is -0.00713. The largest absolute Gasteiger partial charge is 0.369 e. The van der Waals surface area contributed by atoms with Gasteiger partial charge in [0.05, 0.1) is 17.9 Å². The Bertz CT molecular complexity index is 766. The average Bonchev–Trinajstić information content (AvgIpc) is 2.85. The number of carbonyl (C=O) groups is 1. The Morgan fingerprint density at radius 1 is 1.38 bits per heavy atom. The highest BCUT2D eigenvalue weighted by Crippen LogP contribution is 2.31. The number of amides is 1. The van der Waals surface area contributed by atoms with Crippen LogP contribution < -0.4 is 0 Å². The van der Waals surface area contributed by atoms with Crippen LogP contribution in [0.1, 0.15) is 52.8 Å². The number of carbonyl (C=O) groups excluding carboxylic acids is 1. The number of nitrogens with zero attached hydrogens (tertiary/aromatic N) is 3. The van der Waals surface area contributed by atoms with E-state index in [0.717, 1.165) is 23.2 Å². The third-order valence-corrected chi connectivity index (χ3v) is 4.71. The summed E-state index contributed by atoms with van der Waals surface area (Å²) in [5, 5.41) is 4.54. The van der Waals surface area contributed by atoms with E-state index in [2.05, 4.69) is 24.2 Å². The van der Waals surface area contributed by atoms with E-state index in [1.165, 1.54) is 5.56 Å². The molecule has 24 heavy (non-hydrogen) atoms. The van der Waals surface area contributed by atoms with E-state index in [4.69, 9.17) is 4.74 Å². The third-order valence-electron chi connectivity index (χ3n) is 4.71. The average molecular weight is 327 g/mol.